The summed E-state index contributed by atoms with van der Waals surface area (Å²) < 4.78 is 5.47. The van der Waals surface area contributed by atoms with Crippen molar-refractivity contribution in [2.24, 2.45) is 5.92 Å². The Morgan fingerprint density at radius 1 is 1.07 bits per heavy atom. The molecule has 0 aliphatic heterocycles. The van der Waals surface area contributed by atoms with Crippen molar-refractivity contribution < 1.29 is 4.74 Å². The van der Waals surface area contributed by atoms with E-state index in [0.29, 0.717) is 12.0 Å². The molecule has 0 radical (unpaired) electrons. The molecule has 1 unspecified atom stereocenters. The highest BCUT2D eigenvalue weighted by molar-refractivity contribution is 4.69. The van der Waals surface area contributed by atoms with Gasteiger partial charge in [-0.15, -0.1) is 0 Å². The second kappa shape index (κ2) is 10.4. The highest BCUT2D eigenvalue weighted by atomic mass is 16.5. The molecule has 1 N–H and O–H groups in total. The fourth-order valence-corrected chi connectivity index (χ4v) is 1.57. The third kappa shape index (κ3) is 8.88. The molecule has 0 heterocycles. The van der Waals surface area contributed by atoms with Gasteiger partial charge in [0.1, 0.15) is 0 Å². The van der Waals surface area contributed by atoms with E-state index >= 15 is 0 Å². The highest BCUT2D eigenvalue weighted by Crippen LogP contribution is 2.03. The lowest BCUT2D eigenvalue weighted by atomic mass is 10.1. The number of rotatable bonds is 10. The summed E-state index contributed by atoms with van der Waals surface area (Å²) >= 11 is 0. The molecule has 1 atom stereocenters. The fourth-order valence-electron chi connectivity index (χ4n) is 1.57. The minimum Gasteiger partial charge on any atom is -0.380 e. The lowest BCUT2D eigenvalue weighted by Crippen LogP contribution is -2.38. The summed E-state index contributed by atoms with van der Waals surface area (Å²) in [5.74, 6) is 0.655. The second-order valence-corrected chi connectivity index (χ2v) is 4.52. The molecule has 0 rings (SSSR count). The number of nitrogens with one attached hydrogen (secondary N) is 1. The Morgan fingerprint density at radius 3 is 2.33 bits per heavy atom. The molecule has 0 fully saturated rings. The van der Waals surface area contributed by atoms with Gasteiger partial charge in [0.05, 0.1) is 6.61 Å². The van der Waals surface area contributed by atoms with Crippen LogP contribution in [-0.4, -0.2) is 25.8 Å². The molecular weight excluding hydrogens is 186 g/mol. The summed E-state index contributed by atoms with van der Waals surface area (Å²) in [4.78, 5) is 0. The molecule has 0 saturated heterocycles. The Balaban J connectivity index is 3.48. The zero-order valence-corrected chi connectivity index (χ0v) is 11.0. The summed E-state index contributed by atoms with van der Waals surface area (Å²) in [6, 6.07) is 0.520. The Bertz CT molecular complexity index is 126. The van der Waals surface area contributed by atoms with E-state index in [1.54, 1.807) is 0 Å². The first kappa shape index (κ1) is 14.9. The molecule has 0 aliphatic rings. The van der Waals surface area contributed by atoms with Crippen LogP contribution in [0.25, 0.3) is 0 Å². The van der Waals surface area contributed by atoms with Gasteiger partial charge in [-0.05, 0) is 25.8 Å². The standard InChI is InChI=1S/C13H29NO/c1-5-7-8-9-10-14-13(12(3)4)11-15-6-2/h12-14H,5-11H2,1-4H3. The van der Waals surface area contributed by atoms with Gasteiger partial charge in [-0.3, -0.25) is 0 Å². The molecule has 0 saturated carbocycles. The van der Waals surface area contributed by atoms with Crippen LogP contribution in [-0.2, 0) is 4.74 Å². The van der Waals surface area contributed by atoms with Crippen LogP contribution in [0.3, 0.4) is 0 Å². The van der Waals surface area contributed by atoms with Gasteiger partial charge >= 0.3 is 0 Å². The van der Waals surface area contributed by atoms with Crippen LogP contribution in [0.1, 0.15) is 53.4 Å². The lowest BCUT2D eigenvalue weighted by Gasteiger charge is -2.22. The quantitative estimate of drug-likeness (QED) is 0.565. The molecule has 0 aromatic carbocycles. The van der Waals surface area contributed by atoms with Crippen LogP contribution in [0.4, 0.5) is 0 Å². The molecule has 0 spiro atoms. The maximum absolute atomic E-state index is 5.47. The third-order valence-corrected chi connectivity index (χ3v) is 2.74. The zero-order chi connectivity index (χ0) is 11.5. The molecule has 15 heavy (non-hydrogen) atoms. The van der Waals surface area contributed by atoms with Gasteiger partial charge in [0.15, 0.2) is 0 Å². The first-order valence-electron chi connectivity index (χ1n) is 6.53. The SMILES string of the molecule is CCCCCCNC(COCC)C(C)C. The van der Waals surface area contributed by atoms with E-state index in [-0.39, 0.29) is 0 Å². The number of unbranched alkanes of at least 4 members (excludes halogenated alkanes) is 3. The third-order valence-electron chi connectivity index (χ3n) is 2.74. The van der Waals surface area contributed by atoms with E-state index in [2.05, 4.69) is 33.0 Å². The molecule has 0 aromatic heterocycles. The van der Waals surface area contributed by atoms with Crippen LogP contribution in [0.2, 0.25) is 0 Å². The first-order chi connectivity index (χ1) is 7.22. The second-order valence-electron chi connectivity index (χ2n) is 4.52. The smallest absolute Gasteiger partial charge is 0.0621 e. The molecule has 0 bridgehead atoms. The fraction of sp³-hybridized carbons (Fsp3) is 1.00. The average molecular weight is 215 g/mol. The maximum atomic E-state index is 5.47. The zero-order valence-electron chi connectivity index (χ0n) is 11.0. The van der Waals surface area contributed by atoms with Crippen molar-refractivity contribution in [2.45, 2.75) is 59.4 Å². The monoisotopic (exact) mass is 215 g/mol. The van der Waals surface area contributed by atoms with Crippen LogP contribution in [0, 0.1) is 5.92 Å². The van der Waals surface area contributed by atoms with Crippen LogP contribution in [0.5, 0.6) is 0 Å². The summed E-state index contributed by atoms with van der Waals surface area (Å²) in [5, 5.41) is 3.59. The summed E-state index contributed by atoms with van der Waals surface area (Å²) in [6.45, 7) is 11.6. The molecule has 0 aromatic rings. The minimum atomic E-state index is 0.520. The van der Waals surface area contributed by atoms with Crippen molar-refractivity contribution in [3.05, 3.63) is 0 Å². The van der Waals surface area contributed by atoms with E-state index in [1.807, 2.05) is 0 Å². The largest absolute Gasteiger partial charge is 0.380 e. The topological polar surface area (TPSA) is 21.3 Å². The van der Waals surface area contributed by atoms with Gasteiger partial charge in [0.25, 0.3) is 0 Å². The first-order valence-corrected chi connectivity index (χ1v) is 6.53. The Morgan fingerprint density at radius 2 is 1.80 bits per heavy atom. The summed E-state index contributed by atoms with van der Waals surface area (Å²) in [6.07, 6.45) is 5.32. The van der Waals surface area contributed by atoms with Crippen LogP contribution >= 0.6 is 0 Å². The van der Waals surface area contributed by atoms with Crippen molar-refractivity contribution in [1.29, 1.82) is 0 Å². The van der Waals surface area contributed by atoms with Crippen LogP contribution < -0.4 is 5.32 Å². The molecule has 0 amide bonds. The van der Waals surface area contributed by atoms with E-state index in [4.69, 9.17) is 4.74 Å². The number of hydrogen-bond acceptors (Lipinski definition) is 2. The van der Waals surface area contributed by atoms with Crippen LogP contribution in [0.15, 0.2) is 0 Å². The minimum absolute atomic E-state index is 0.520. The summed E-state index contributed by atoms with van der Waals surface area (Å²) in [7, 11) is 0. The van der Waals surface area contributed by atoms with E-state index in [0.717, 1.165) is 19.8 Å². The molecule has 2 nitrogen and oxygen atoms in total. The van der Waals surface area contributed by atoms with Crippen molar-refractivity contribution in [2.75, 3.05) is 19.8 Å². The van der Waals surface area contributed by atoms with Crippen molar-refractivity contribution in [1.82, 2.24) is 5.32 Å². The van der Waals surface area contributed by atoms with Gasteiger partial charge in [0, 0.05) is 12.6 Å². The van der Waals surface area contributed by atoms with E-state index in [1.165, 1.54) is 25.7 Å². The predicted octanol–water partition coefficient (Wildman–Crippen LogP) is 3.22. The molecular formula is C13H29NO. The Hall–Kier alpha value is -0.0800. The number of hydrogen-bond donors (Lipinski definition) is 1. The summed E-state index contributed by atoms with van der Waals surface area (Å²) in [5.41, 5.74) is 0. The number of ether oxygens (including phenoxy) is 1. The Kier molecular flexibility index (Phi) is 10.4. The van der Waals surface area contributed by atoms with Crippen molar-refractivity contribution >= 4 is 0 Å². The van der Waals surface area contributed by atoms with E-state index < -0.39 is 0 Å². The van der Waals surface area contributed by atoms with Gasteiger partial charge in [0.2, 0.25) is 0 Å². The van der Waals surface area contributed by atoms with Gasteiger partial charge < -0.3 is 10.1 Å². The highest BCUT2D eigenvalue weighted by Gasteiger charge is 2.11. The predicted molar refractivity (Wildman–Crippen MR) is 67.3 cm³/mol. The molecule has 0 aliphatic carbocycles. The maximum Gasteiger partial charge on any atom is 0.0621 e. The molecule has 92 valence electrons. The van der Waals surface area contributed by atoms with E-state index in [9.17, 15) is 0 Å². The lowest BCUT2D eigenvalue weighted by molar-refractivity contribution is 0.108. The normalized spacial score (nSPS) is 13.4. The Labute approximate surface area is 95.8 Å². The average Bonchev–Trinajstić information content (AvgIpc) is 2.21. The van der Waals surface area contributed by atoms with Crippen molar-refractivity contribution in [3.8, 4) is 0 Å². The van der Waals surface area contributed by atoms with Gasteiger partial charge in [-0.2, -0.15) is 0 Å². The van der Waals surface area contributed by atoms with Gasteiger partial charge in [-0.1, -0.05) is 40.0 Å². The van der Waals surface area contributed by atoms with Crippen molar-refractivity contribution in [3.63, 3.8) is 0 Å². The van der Waals surface area contributed by atoms with Gasteiger partial charge in [-0.25, -0.2) is 0 Å². The molecule has 2 heteroatoms.